The Kier molecular flexibility index (Phi) is 9.05. The van der Waals surface area contributed by atoms with Gasteiger partial charge in [0.2, 0.25) is 0 Å². The van der Waals surface area contributed by atoms with E-state index in [1.807, 2.05) is 45.0 Å². The standard InChI is InChI=1S/C26H30N2O5/c1-6-22(24(30)32-5)28-23(29)21-15-13-19(14-16-21)8-7-18-9-11-20(12-10-18)17-27-25(31)33-26(2,3)4/h9-16,22H,6,17H2,1-5H3,(H,27,31)(H,28,29)/t22-/m0/s1. The van der Waals surface area contributed by atoms with Crippen molar-refractivity contribution in [2.24, 2.45) is 0 Å². The van der Waals surface area contributed by atoms with E-state index in [-0.39, 0.29) is 5.91 Å². The van der Waals surface area contributed by atoms with Crippen LogP contribution in [0.25, 0.3) is 0 Å². The summed E-state index contributed by atoms with van der Waals surface area (Å²) in [5.41, 5.74) is 2.40. The zero-order valence-corrected chi connectivity index (χ0v) is 19.7. The topological polar surface area (TPSA) is 93.7 Å². The quantitative estimate of drug-likeness (QED) is 0.516. The second-order valence-electron chi connectivity index (χ2n) is 8.34. The van der Waals surface area contributed by atoms with Gasteiger partial charge in [0.05, 0.1) is 7.11 Å². The molecule has 0 unspecified atom stereocenters. The Hall–Kier alpha value is -3.79. The molecular weight excluding hydrogens is 420 g/mol. The summed E-state index contributed by atoms with van der Waals surface area (Å²) >= 11 is 0. The van der Waals surface area contributed by atoms with Gasteiger partial charge in [-0.1, -0.05) is 30.9 Å². The minimum Gasteiger partial charge on any atom is -0.467 e. The molecule has 2 amide bonds. The normalized spacial score (nSPS) is 11.4. The molecule has 0 spiro atoms. The number of rotatable bonds is 6. The maximum Gasteiger partial charge on any atom is 0.407 e. The lowest BCUT2D eigenvalue weighted by Gasteiger charge is -2.19. The van der Waals surface area contributed by atoms with Crippen LogP contribution in [0.2, 0.25) is 0 Å². The first-order valence-electron chi connectivity index (χ1n) is 10.7. The Morgan fingerprint density at radius 2 is 1.48 bits per heavy atom. The van der Waals surface area contributed by atoms with E-state index in [0.29, 0.717) is 18.5 Å². The molecule has 33 heavy (non-hydrogen) atoms. The average Bonchev–Trinajstić information content (AvgIpc) is 2.79. The summed E-state index contributed by atoms with van der Waals surface area (Å²) in [4.78, 5) is 35.7. The number of esters is 1. The van der Waals surface area contributed by atoms with Crippen LogP contribution >= 0.6 is 0 Å². The Labute approximate surface area is 194 Å². The van der Waals surface area contributed by atoms with Gasteiger partial charge in [-0.2, -0.15) is 0 Å². The number of carbonyl (C=O) groups excluding carboxylic acids is 3. The molecular formula is C26H30N2O5. The molecule has 0 radical (unpaired) electrons. The molecule has 2 rings (SSSR count). The van der Waals surface area contributed by atoms with E-state index in [0.717, 1.165) is 16.7 Å². The highest BCUT2D eigenvalue weighted by Crippen LogP contribution is 2.09. The van der Waals surface area contributed by atoms with Gasteiger partial charge >= 0.3 is 12.1 Å². The third kappa shape index (κ3) is 8.69. The minimum atomic E-state index is -0.677. The van der Waals surface area contributed by atoms with Crippen LogP contribution in [-0.4, -0.2) is 36.7 Å². The number of benzene rings is 2. The summed E-state index contributed by atoms with van der Waals surface area (Å²) < 4.78 is 9.90. The van der Waals surface area contributed by atoms with Crippen molar-refractivity contribution < 1.29 is 23.9 Å². The number of amides is 2. The van der Waals surface area contributed by atoms with Crippen LogP contribution in [0.3, 0.4) is 0 Å². The van der Waals surface area contributed by atoms with Gasteiger partial charge in [0.1, 0.15) is 11.6 Å². The maximum absolute atomic E-state index is 12.3. The summed E-state index contributed by atoms with van der Waals surface area (Å²) in [6.07, 6.45) is -0.0170. The Morgan fingerprint density at radius 3 is 1.97 bits per heavy atom. The van der Waals surface area contributed by atoms with Gasteiger partial charge in [-0.3, -0.25) is 4.79 Å². The number of nitrogens with one attached hydrogen (secondary N) is 2. The van der Waals surface area contributed by atoms with Gasteiger partial charge in [-0.05, 0) is 69.2 Å². The van der Waals surface area contributed by atoms with E-state index in [4.69, 9.17) is 4.74 Å². The van der Waals surface area contributed by atoms with Crippen LogP contribution in [-0.2, 0) is 20.8 Å². The molecule has 7 nitrogen and oxygen atoms in total. The molecule has 2 N–H and O–H groups in total. The van der Waals surface area contributed by atoms with Gasteiger partial charge in [0.15, 0.2) is 0 Å². The van der Waals surface area contributed by atoms with Crippen LogP contribution in [0.1, 0.15) is 61.2 Å². The van der Waals surface area contributed by atoms with Crippen molar-refractivity contribution in [3.8, 4) is 11.8 Å². The molecule has 0 heterocycles. The fourth-order valence-electron chi connectivity index (χ4n) is 2.76. The van der Waals surface area contributed by atoms with Gasteiger partial charge in [-0.15, -0.1) is 0 Å². The van der Waals surface area contributed by atoms with Crippen LogP contribution in [0.5, 0.6) is 0 Å². The van der Waals surface area contributed by atoms with E-state index >= 15 is 0 Å². The summed E-state index contributed by atoms with van der Waals surface area (Å²) in [6.45, 7) is 7.60. The number of alkyl carbamates (subject to hydrolysis) is 1. The largest absolute Gasteiger partial charge is 0.467 e. The lowest BCUT2D eigenvalue weighted by molar-refractivity contribution is -0.142. The van der Waals surface area contributed by atoms with Gasteiger partial charge in [0.25, 0.3) is 5.91 Å². The average molecular weight is 451 g/mol. The van der Waals surface area contributed by atoms with Crippen molar-refractivity contribution in [1.82, 2.24) is 10.6 Å². The van der Waals surface area contributed by atoms with E-state index in [9.17, 15) is 14.4 Å². The Morgan fingerprint density at radius 1 is 0.939 bits per heavy atom. The monoisotopic (exact) mass is 450 g/mol. The van der Waals surface area contributed by atoms with Crippen LogP contribution in [0, 0.1) is 11.8 Å². The third-order valence-corrected chi connectivity index (χ3v) is 4.49. The first-order chi connectivity index (χ1) is 15.6. The molecule has 0 aliphatic rings. The zero-order chi connectivity index (χ0) is 24.4. The lowest BCUT2D eigenvalue weighted by Crippen LogP contribution is -2.41. The molecule has 174 valence electrons. The molecule has 0 saturated carbocycles. The van der Waals surface area contributed by atoms with Crippen molar-refractivity contribution in [1.29, 1.82) is 0 Å². The fourth-order valence-corrected chi connectivity index (χ4v) is 2.76. The highest BCUT2D eigenvalue weighted by atomic mass is 16.6. The molecule has 7 heteroatoms. The summed E-state index contributed by atoms with van der Waals surface area (Å²) in [6, 6.07) is 13.7. The molecule has 0 bridgehead atoms. The maximum atomic E-state index is 12.3. The predicted octanol–water partition coefficient (Wildman–Crippen LogP) is 3.79. The fraction of sp³-hybridized carbons (Fsp3) is 0.346. The second-order valence-corrected chi connectivity index (χ2v) is 8.34. The zero-order valence-electron chi connectivity index (χ0n) is 19.7. The van der Waals surface area contributed by atoms with Gasteiger partial charge in [-0.25, -0.2) is 9.59 Å². The Bertz CT molecular complexity index is 1030. The third-order valence-electron chi connectivity index (χ3n) is 4.49. The van der Waals surface area contributed by atoms with E-state index in [2.05, 4.69) is 27.2 Å². The summed E-state index contributed by atoms with van der Waals surface area (Å²) in [5, 5.41) is 5.38. The van der Waals surface area contributed by atoms with Gasteiger partial charge < -0.3 is 20.1 Å². The van der Waals surface area contributed by atoms with E-state index in [1.54, 1.807) is 31.2 Å². The first-order valence-corrected chi connectivity index (χ1v) is 10.7. The molecule has 0 saturated heterocycles. The molecule has 0 aromatic heterocycles. The van der Waals surface area contributed by atoms with Crippen LogP contribution in [0.4, 0.5) is 4.79 Å². The SMILES string of the molecule is CC[C@H](NC(=O)c1ccc(C#Cc2ccc(CNC(=O)OC(C)(C)C)cc2)cc1)C(=O)OC. The highest BCUT2D eigenvalue weighted by Gasteiger charge is 2.20. The lowest BCUT2D eigenvalue weighted by atomic mass is 10.1. The molecule has 1 atom stereocenters. The van der Waals surface area contributed by atoms with E-state index in [1.165, 1.54) is 7.11 Å². The number of carbonyl (C=O) groups is 3. The van der Waals surface area contributed by atoms with Crippen molar-refractivity contribution in [3.05, 3.63) is 70.8 Å². The van der Waals surface area contributed by atoms with E-state index < -0.39 is 23.7 Å². The predicted molar refractivity (Wildman–Crippen MR) is 125 cm³/mol. The second kappa shape index (κ2) is 11.7. The number of ether oxygens (including phenoxy) is 2. The molecule has 2 aromatic rings. The van der Waals surface area contributed by atoms with Crippen molar-refractivity contribution in [2.75, 3.05) is 7.11 Å². The van der Waals surface area contributed by atoms with Crippen molar-refractivity contribution in [3.63, 3.8) is 0 Å². The van der Waals surface area contributed by atoms with Crippen molar-refractivity contribution in [2.45, 2.75) is 52.3 Å². The number of methoxy groups -OCH3 is 1. The number of hydrogen-bond acceptors (Lipinski definition) is 5. The molecule has 0 aliphatic heterocycles. The molecule has 2 aromatic carbocycles. The summed E-state index contributed by atoms with van der Waals surface area (Å²) in [7, 11) is 1.29. The number of hydrogen-bond donors (Lipinski definition) is 2. The summed E-state index contributed by atoms with van der Waals surface area (Å²) in [5.74, 6) is 5.31. The Balaban J connectivity index is 1.94. The molecule has 0 fully saturated rings. The van der Waals surface area contributed by atoms with Crippen LogP contribution < -0.4 is 10.6 Å². The van der Waals surface area contributed by atoms with Crippen molar-refractivity contribution >= 4 is 18.0 Å². The molecule has 0 aliphatic carbocycles. The smallest absolute Gasteiger partial charge is 0.407 e. The highest BCUT2D eigenvalue weighted by molar-refractivity contribution is 5.96. The minimum absolute atomic E-state index is 0.345. The van der Waals surface area contributed by atoms with Gasteiger partial charge in [0, 0.05) is 23.2 Å². The van der Waals surface area contributed by atoms with Crippen LogP contribution in [0.15, 0.2) is 48.5 Å². The first kappa shape index (κ1) is 25.5.